The van der Waals surface area contributed by atoms with Gasteiger partial charge in [-0.1, -0.05) is 18.2 Å². The number of rotatable bonds is 5. The molecule has 2 saturated heterocycles. The molecule has 2 aliphatic heterocycles. The number of amides is 2. The second-order valence-corrected chi connectivity index (χ2v) is 8.70. The number of carbonyl (C=O) groups is 2. The maximum Gasteiger partial charge on any atom is 0.237 e. The number of thiophene rings is 1. The molecule has 0 bridgehead atoms. The summed E-state index contributed by atoms with van der Waals surface area (Å²) < 4.78 is 13.0. The zero-order valence-corrected chi connectivity index (χ0v) is 17.2. The summed E-state index contributed by atoms with van der Waals surface area (Å²) in [4.78, 5) is 32.7. The lowest BCUT2D eigenvalue weighted by Gasteiger charge is -2.35. The molecule has 7 heteroatoms. The fourth-order valence-corrected chi connectivity index (χ4v) is 5.04. The number of hydrogen-bond acceptors (Lipinski definition) is 4. The quantitative estimate of drug-likeness (QED) is 0.754. The summed E-state index contributed by atoms with van der Waals surface area (Å²) in [7, 11) is 0. The summed E-state index contributed by atoms with van der Waals surface area (Å²) in [5.74, 6) is -0.0503. The van der Waals surface area contributed by atoms with E-state index >= 15 is 0 Å². The molecule has 2 amide bonds. The van der Waals surface area contributed by atoms with Crippen LogP contribution in [0.1, 0.15) is 29.3 Å². The van der Waals surface area contributed by atoms with Gasteiger partial charge in [-0.05, 0) is 42.0 Å². The molecule has 154 valence electrons. The second-order valence-electron chi connectivity index (χ2n) is 7.72. The first-order chi connectivity index (χ1) is 14.1. The summed E-state index contributed by atoms with van der Waals surface area (Å²) >= 11 is 1.72. The normalized spacial score (nSPS) is 20.2. The van der Waals surface area contributed by atoms with Gasteiger partial charge in [-0.2, -0.15) is 0 Å². The molecule has 1 unspecified atom stereocenters. The Labute approximate surface area is 174 Å². The molecule has 0 aliphatic carbocycles. The van der Waals surface area contributed by atoms with Gasteiger partial charge in [-0.3, -0.25) is 14.5 Å². The van der Waals surface area contributed by atoms with E-state index in [9.17, 15) is 14.0 Å². The molecule has 2 aliphatic rings. The Bertz CT molecular complexity index is 832. The van der Waals surface area contributed by atoms with Crippen molar-refractivity contribution >= 4 is 23.2 Å². The van der Waals surface area contributed by atoms with Crippen molar-refractivity contribution in [3.05, 3.63) is 58.0 Å². The third kappa shape index (κ3) is 4.85. The van der Waals surface area contributed by atoms with Crippen LogP contribution in [-0.2, 0) is 16.0 Å². The van der Waals surface area contributed by atoms with Crippen LogP contribution >= 0.6 is 11.3 Å². The Morgan fingerprint density at radius 1 is 1.00 bits per heavy atom. The van der Waals surface area contributed by atoms with Crippen molar-refractivity contribution in [3.8, 4) is 0 Å². The molecule has 0 N–H and O–H groups in total. The molecule has 1 aromatic heterocycles. The van der Waals surface area contributed by atoms with Crippen LogP contribution in [0.4, 0.5) is 4.39 Å². The number of halogens is 1. The van der Waals surface area contributed by atoms with Crippen LogP contribution < -0.4 is 0 Å². The SMILES string of the molecule is O=C(Cc1ccc(F)cc1)N1CCN(CC(=O)N2CCCC2c2cccs2)CC1. The van der Waals surface area contributed by atoms with Gasteiger partial charge in [0.25, 0.3) is 0 Å². The third-order valence-corrected chi connectivity index (χ3v) is 6.77. The highest BCUT2D eigenvalue weighted by Gasteiger charge is 2.32. The Balaban J connectivity index is 1.25. The van der Waals surface area contributed by atoms with Gasteiger partial charge in [0.1, 0.15) is 5.82 Å². The maximum absolute atomic E-state index is 13.0. The Hall–Kier alpha value is -2.25. The third-order valence-electron chi connectivity index (χ3n) is 5.80. The highest BCUT2D eigenvalue weighted by atomic mass is 32.1. The Kier molecular flexibility index (Phi) is 6.25. The average Bonchev–Trinajstić information content (AvgIpc) is 3.42. The first-order valence-corrected chi connectivity index (χ1v) is 11.1. The van der Waals surface area contributed by atoms with Gasteiger partial charge in [0.15, 0.2) is 0 Å². The van der Waals surface area contributed by atoms with Gasteiger partial charge in [-0.25, -0.2) is 4.39 Å². The lowest BCUT2D eigenvalue weighted by atomic mass is 10.1. The monoisotopic (exact) mass is 415 g/mol. The first-order valence-electron chi connectivity index (χ1n) is 10.2. The summed E-state index contributed by atoms with van der Waals surface area (Å²) in [5, 5.41) is 2.07. The van der Waals surface area contributed by atoms with E-state index in [2.05, 4.69) is 16.3 Å². The maximum atomic E-state index is 13.0. The van der Waals surface area contributed by atoms with Crippen molar-refractivity contribution in [1.29, 1.82) is 0 Å². The summed E-state index contributed by atoms with van der Waals surface area (Å²) in [5.41, 5.74) is 0.822. The van der Waals surface area contributed by atoms with E-state index in [-0.39, 0.29) is 30.1 Å². The number of piperazine rings is 1. The van der Waals surface area contributed by atoms with E-state index in [1.165, 1.54) is 17.0 Å². The van der Waals surface area contributed by atoms with Crippen LogP contribution in [0, 0.1) is 5.82 Å². The van der Waals surface area contributed by atoms with Crippen LogP contribution in [0.15, 0.2) is 41.8 Å². The number of hydrogen-bond donors (Lipinski definition) is 0. The van der Waals surface area contributed by atoms with E-state index in [4.69, 9.17) is 0 Å². The molecule has 0 radical (unpaired) electrons. The van der Waals surface area contributed by atoms with E-state index in [0.29, 0.717) is 32.7 Å². The van der Waals surface area contributed by atoms with Crippen molar-refractivity contribution < 1.29 is 14.0 Å². The largest absolute Gasteiger partial charge is 0.340 e. The van der Waals surface area contributed by atoms with Crippen molar-refractivity contribution in [2.45, 2.75) is 25.3 Å². The minimum absolute atomic E-state index is 0.0555. The number of likely N-dealkylation sites (tertiary alicyclic amines) is 1. The average molecular weight is 416 g/mol. The highest BCUT2D eigenvalue weighted by Crippen LogP contribution is 2.34. The van der Waals surface area contributed by atoms with Gasteiger partial charge in [-0.15, -0.1) is 11.3 Å². The van der Waals surface area contributed by atoms with E-state index in [1.807, 2.05) is 15.9 Å². The fraction of sp³-hybridized carbons (Fsp3) is 0.455. The standard InChI is InChI=1S/C22H26FN3O2S/c23-18-7-5-17(6-8-18)15-21(27)25-12-10-24(11-13-25)16-22(28)26-9-1-3-19(26)20-4-2-14-29-20/h2,4-8,14,19H,1,3,9-13,15-16H2. The molecule has 5 nitrogen and oxygen atoms in total. The molecule has 2 fully saturated rings. The van der Waals surface area contributed by atoms with E-state index < -0.39 is 0 Å². The molecule has 3 heterocycles. The molecule has 0 spiro atoms. The van der Waals surface area contributed by atoms with Crippen LogP contribution in [0.5, 0.6) is 0 Å². The van der Waals surface area contributed by atoms with Crippen LogP contribution in [-0.4, -0.2) is 65.8 Å². The molecule has 0 saturated carbocycles. The minimum atomic E-state index is -0.293. The van der Waals surface area contributed by atoms with Crippen molar-refractivity contribution in [1.82, 2.24) is 14.7 Å². The number of nitrogens with zero attached hydrogens (tertiary/aromatic N) is 3. The molecule has 1 aromatic carbocycles. The second kappa shape index (κ2) is 9.05. The lowest BCUT2D eigenvalue weighted by molar-refractivity contribution is -0.135. The van der Waals surface area contributed by atoms with Crippen LogP contribution in [0.3, 0.4) is 0 Å². The summed E-state index contributed by atoms with van der Waals surface area (Å²) in [6.07, 6.45) is 2.38. The number of carbonyl (C=O) groups excluding carboxylic acids is 2. The summed E-state index contributed by atoms with van der Waals surface area (Å²) in [6.45, 7) is 3.92. The van der Waals surface area contributed by atoms with Crippen LogP contribution in [0.25, 0.3) is 0 Å². The summed E-state index contributed by atoms with van der Waals surface area (Å²) in [6, 6.07) is 10.5. The highest BCUT2D eigenvalue weighted by molar-refractivity contribution is 7.10. The molecule has 29 heavy (non-hydrogen) atoms. The molecule has 1 atom stereocenters. The Morgan fingerprint density at radius 2 is 1.76 bits per heavy atom. The predicted molar refractivity (Wildman–Crippen MR) is 111 cm³/mol. The van der Waals surface area contributed by atoms with Gasteiger partial charge >= 0.3 is 0 Å². The zero-order valence-electron chi connectivity index (χ0n) is 16.4. The van der Waals surface area contributed by atoms with Gasteiger partial charge in [0.05, 0.1) is 19.0 Å². The Morgan fingerprint density at radius 3 is 2.45 bits per heavy atom. The van der Waals surface area contributed by atoms with E-state index in [1.54, 1.807) is 23.5 Å². The van der Waals surface area contributed by atoms with Gasteiger partial charge < -0.3 is 9.80 Å². The lowest BCUT2D eigenvalue weighted by Crippen LogP contribution is -2.51. The minimum Gasteiger partial charge on any atom is -0.340 e. The van der Waals surface area contributed by atoms with Crippen molar-refractivity contribution in [2.24, 2.45) is 0 Å². The van der Waals surface area contributed by atoms with Crippen molar-refractivity contribution in [3.63, 3.8) is 0 Å². The van der Waals surface area contributed by atoms with Crippen LogP contribution in [0.2, 0.25) is 0 Å². The molecular weight excluding hydrogens is 389 g/mol. The first kappa shape index (κ1) is 20.0. The van der Waals surface area contributed by atoms with Gasteiger partial charge in [0.2, 0.25) is 11.8 Å². The topological polar surface area (TPSA) is 43.9 Å². The van der Waals surface area contributed by atoms with Crippen molar-refractivity contribution in [2.75, 3.05) is 39.3 Å². The van der Waals surface area contributed by atoms with Gasteiger partial charge in [0, 0.05) is 37.6 Å². The van der Waals surface area contributed by atoms with E-state index in [0.717, 1.165) is 24.9 Å². The molecular formula is C22H26FN3O2S. The smallest absolute Gasteiger partial charge is 0.237 e. The number of benzene rings is 1. The fourth-order valence-electron chi connectivity index (χ4n) is 4.17. The predicted octanol–water partition coefficient (Wildman–Crippen LogP) is 2.94. The zero-order chi connectivity index (χ0) is 20.2. The molecule has 2 aromatic rings. The molecule has 4 rings (SSSR count).